The van der Waals surface area contributed by atoms with Gasteiger partial charge in [-0.15, -0.1) is 0 Å². The first-order valence-corrected chi connectivity index (χ1v) is 10.9. The number of carbonyl (C=O) groups is 2. The van der Waals surface area contributed by atoms with Gasteiger partial charge < -0.3 is 15.0 Å². The molecule has 9 nitrogen and oxygen atoms in total. The number of alkyl carbamates (subject to hydrolysis) is 1. The molecular formula is C21H22Cl2N6O3. The lowest BCUT2D eigenvalue weighted by Gasteiger charge is -2.34. The molecule has 2 aromatic carbocycles. The summed E-state index contributed by atoms with van der Waals surface area (Å²) in [6.07, 6.45) is -0.502. The Kier molecular flexibility index (Phi) is 7.09. The molecule has 1 aromatic heterocycles. The fourth-order valence-electron chi connectivity index (χ4n) is 3.54. The Morgan fingerprint density at radius 3 is 2.47 bits per heavy atom. The van der Waals surface area contributed by atoms with Crippen LogP contribution in [0.15, 0.2) is 36.4 Å². The molecule has 3 aromatic rings. The molecule has 0 radical (unpaired) electrons. The van der Waals surface area contributed by atoms with E-state index in [1.54, 1.807) is 36.4 Å². The summed E-state index contributed by atoms with van der Waals surface area (Å²) < 4.78 is 5.20. The van der Waals surface area contributed by atoms with Gasteiger partial charge in [-0.1, -0.05) is 23.2 Å². The minimum absolute atomic E-state index is 0.0163. The molecule has 1 fully saturated rings. The summed E-state index contributed by atoms with van der Waals surface area (Å²) >= 11 is 11.9. The molecule has 0 spiro atoms. The quantitative estimate of drug-likeness (QED) is 0.566. The van der Waals surface area contributed by atoms with Crippen molar-refractivity contribution >= 4 is 46.2 Å². The summed E-state index contributed by atoms with van der Waals surface area (Å²) in [4.78, 5) is 28.7. The number of benzene rings is 2. The van der Waals surface area contributed by atoms with Gasteiger partial charge in [0.05, 0.1) is 0 Å². The molecule has 0 saturated carbocycles. The van der Waals surface area contributed by atoms with Crippen LogP contribution in [0.4, 0.5) is 4.79 Å². The van der Waals surface area contributed by atoms with E-state index in [1.165, 1.54) is 0 Å². The van der Waals surface area contributed by atoms with E-state index in [4.69, 9.17) is 27.9 Å². The van der Waals surface area contributed by atoms with E-state index in [0.717, 1.165) is 24.2 Å². The number of aromatic amines is 1. The van der Waals surface area contributed by atoms with Gasteiger partial charge in [0.1, 0.15) is 17.6 Å². The third kappa shape index (κ3) is 5.67. The van der Waals surface area contributed by atoms with E-state index in [2.05, 4.69) is 25.6 Å². The molecule has 2 N–H and O–H groups in total. The van der Waals surface area contributed by atoms with Gasteiger partial charge in [0, 0.05) is 54.9 Å². The number of carbonyl (C=O) groups excluding carboxylic acids is 2. The molecule has 0 bridgehead atoms. The van der Waals surface area contributed by atoms with Crippen molar-refractivity contribution in [2.45, 2.75) is 6.61 Å². The molecule has 0 atom stereocenters. The van der Waals surface area contributed by atoms with Crippen molar-refractivity contribution in [1.82, 2.24) is 30.5 Å². The third-order valence-electron chi connectivity index (χ3n) is 5.21. The number of hydrogen-bond acceptors (Lipinski definition) is 6. The molecule has 4 rings (SSSR count). The Balaban J connectivity index is 1.16. The van der Waals surface area contributed by atoms with Crippen molar-refractivity contribution < 1.29 is 14.3 Å². The van der Waals surface area contributed by atoms with Gasteiger partial charge in [0.15, 0.2) is 0 Å². The number of hydrogen-bond donors (Lipinski definition) is 2. The monoisotopic (exact) mass is 476 g/mol. The number of nitrogens with zero attached hydrogens (tertiary/aromatic N) is 4. The largest absolute Gasteiger partial charge is 0.445 e. The number of H-pyrrole nitrogens is 1. The lowest BCUT2D eigenvalue weighted by atomic mass is 10.1. The van der Waals surface area contributed by atoms with Crippen molar-refractivity contribution in [3.8, 4) is 0 Å². The summed E-state index contributed by atoms with van der Waals surface area (Å²) in [5.41, 5.74) is 2.73. The Hall–Kier alpha value is -2.88. The highest BCUT2D eigenvalue weighted by atomic mass is 35.5. The molecule has 11 heteroatoms. The van der Waals surface area contributed by atoms with Gasteiger partial charge in [-0.05, 0) is 42.0 Å². The van der Waals surface area contributed by atoms with Crippen LogP contribution in [0.25, 0.3) is 11.0 Å². The summed E-state index contributed by atoms with van der Waals surface area (Å²) in [5, 5.41) is 14.3. The van der Waals surface area contributed by atoms with Crippen LogP contribution in [-0.4, -0.2) is 76.5 Å². The van der Waals surface area contributed by atoms with Gasteiger partial charge in [0.25, 0.3) is 5.91 Å². The molecule has 0 unspecified atom stereocenters. The number of amides is 2. The number of halogens is 2. The Morgan fingerprint density at radius 1 is 1.00 bits per heavy atom. The average molecular weight is 477 g/mol. The van der Waals surface area contributed by atoms with E-state index in [-0.39, 0.29) is 12.5 Å². The second kappa shape index (κ2) is 10.2. The number of piperazine rings is 1. The maximum absolute atomic E-state index is 12.8. The smallest absolute Gasteiger partial charge is 0.407 e. The molecule has 0 aliphatic carbocycles. The first-order valence-electron chi connectivity index (χ1n) is 10.2. The normalized spacial score (nSPS) is 14.5. The minimum atomic E-state index is -0.502. The third-order valence-corrected chi connectivity index (χ3v) is 5.65. The SMILES string of the molecule is O=C(NCCN1CCN(C(=O)c2ccc3n[nH]nc3c2)CC1)OCc1cc(Cl)cc(Cl)c1. The fourth-order valence-corrected chi connectivity index (χ4v) is 4.11. The predicted molar refractivity (Wildman–Crippen MR) is 121 cm³/mol. The van der Waals surface area contributed by atoms with E-state index in [9.17, 15) is 9.59 Å². The molecule has 2 heterocycles. The Labute approximate surface area is 194 Å². The van der Waals surface area contributed by atoms with Crippen LogP contribution in [0, 0.1) is 0 Å². The summed E-state index contributed by atoms with van der Waals surface area (Å²) in [5.74, 6) is -0.0163. The minimum Gasteiger partial charge on any atom is -0.445 e. The summed E-state index contributed by atoms with van der Waals surface area (Å²) in [7, 11) is 0. The first kappa shape index (κ1) is 22.3. The maximum Gasteiger partial charge on any atom is 0.407 e. The number of nitrogens with one attached hydrogen (secondary N) is 2. The highest BCUT2D eigenvalue weighted by Gasteiger charge is 2.22. The molecular weight excluding hydrogens is 455 g/mol. The van der Waals surface area contributed by atoms with Gasteiger partial charge in [0.2, 0.25) is 0 Å². The molecule has 2 amide bonds. The van der Waals surface area contributed by atoms with Gasteiger partial charge >= 0.3 is 6.09 Å². The number of aromatic nitrogens is 3. The van der Waals surface area contributed by atoms with E-state index >= 15 is 0 Å². The van der Waals surface area contributed by atoms with E-state index < -0.39 is 6.09 Å². The van der Waals surface area contributed by atoms with Crippen LogP contribution < -0.4 is 5.32 Å². The maximum atomic E-state index is 12.8. The summed E-state index contributed by atoms with van der Waals surface area (Å²) in [6, 6.07) is 10.3. The number of ether oxygens (including phenoxy) is 1. The molecule has 168 valence electrons. The van der Waals surface area contributed by atoms with Gasteiger partial charge in [-0.25, -0.2) is 4.79 Å². The zero-order valence-electron chi connectivity index (χ0n) is 17.2. The van der Waals surface area contributed by atoms with Gasteiger partial charge in [-0.3, -0.25) is 9.69 Å². The van der Waals surface area contributed by atoms with Crippen molar-refractivity contribution in [1.29, 1.82) is 0 Å². The van der Waals surface area contributed by atoms with E-state index in [1.807, 2.05) is 4.90 Å². The van der Waals surface area contributed by atoms with Crippen molar-refractivity contribution in [3.63, 3.8) is 0 Å². The zero-order valence-corrected chi connectivity index (χ0v) is 18.7. The lowest BCUT2D eigenvalue weighted by molar-refractivity contribution is 0.0638. The summed E-state index contributed by atoms with van der Waals surface area (Å²) in [6.45, 7) is 3.92. The highest BCUT2D eigenvalue weighted by Crippen LogP contribution is 2.19. The van der Waals surface area contributed by atoms with Crippen molar-refractivity contribution in [3.05, 3.63) is 57.6 Å². The van der Waals surface area contributed by atoms with Crippen LogP contribution in [0.5, 0.6) is 0 Å². The van der Waals surface area contributed by atoms with Crippen LogP contribution in [-0.2, 0) is 11.3 Å². The van der Waals surface area contributed by atoms with Gasteiger partial charge in [-0.2, -0.15) is 15.4 Å². The van der Waals surface area contributed by atoms with Crippen molar-refractivity contribution in [2.24, 2.45) is 0 Å². The second-order valence-electron chi connectivity index (χ2n) is 7.44. The van der Waals surface area contributed by atoms with Crippen molar-refractivity contribution in [2.75, 3.05) is 39.3 Å². The molecule has 32 heavy (non-hydrogen) atoms. The van der Waals surface area contributed by atoms with Crippen LogP contribution >= 0.6 is 23.2 Å². The zero-order chi connectivity index (χ0) is 22.5. The van der Waals surface area contributed by atoms with Crippen LogP contribution in [0.3, 0.4) is 0 Å². The standard InChI is InChI=1S/C21H22Cl2N6O3/c22-16-9-14(10-17(23)12-16)13-32-21(31)24-3-4-28-5-7-29(8-6-28)20(30)15-1-2-18-19(11-15)26-27-25-18/h1-2,9-12H,3-8,13H2,(H,24,31)(H,25,26,27). The molecule has 1 saturated heterocycles. The first-order chi connectivity index (χ1) is 15.5. The predicted octanol–water partition coefficient (Wildman–Crippen LogP) is 2.95. The fraction of sp³-hybridized carbons (Fsp3) is 0.333. The molecule has 1 aliphatic rings. The Morgan fingerprint density at radius 2 is 1.72 bits per heavy atom. The Bertz CT molecular complexity index is 1090. The lowest BCUT2D eigenvalue weighted by Crippen LogP contribution is -2.50. The van der Waals surface area contributed by atoms with Crippen LogP contribution in [0.2, 0.25) is 10.0 Å². The second-order valence-corrected chi connectivity index (χ2v) is 8.31. The number of fused-ring (bicyclic) bond motifs is 1. The average Bonchev–Trinajstić information content (AvgIpc) is 3.25. The number of rotatable bonds is 6. The topological polar surface area (TPSA) is 103 Å². The van der Waals surface area contributed by atoms with Crippen LogP contribution in [0.1, 0.15) is 15.9 Å². The molecule has 1 aliphatic heterocycles. The van der Waals surface area contributed by atoms with E-state index in [0.29, 0.717) is 47.3 Å². The highest BCUT2D eigenvalue weighted by molar-refractivity contribution is 6.34.